The number of nitrogens with zero attached hydrogens (tertiary/aromatic N) is 1. The number of cyclic esters (lactones) is 1. The highest BCUT2D eigenvalue weighted by molar-refractivity contribution is 5.76. The number of ether oxygens (including phenoxy) is 1. The number of halogens is 1. The molecule has 0 aliphatic carbocycles. The SMILES string of the molecule is O=C(CCc1ccc(F)cc1)NCCCN1CCOC1=O. The first-order valence-corrected chi connectivity index (χ1v) is 7.08. The van der Waals surface area contributed by atoms with Gasteiger partial charge in [0.05, 0.1) is 6.54 Å². The Balaban J connectivity index is 1.57. The molecule has 2 rings (SSSR count). The van der Waals surface area contributed by atoms with Crippen molar-refractivity contribution in [2.75, 3.05) is 26.2 Å². The predicted molar refractivity (Wildman–Crippen MR) is 75.3 cm³/mol. The normalized spacial score (nSPS) is 14.1. The van der Waals surface area contributed by atoms with E-state index in [2.05, 4.69) is 5.32 Å². The van der Waals surface area contributed by atoms with Crippen LogP contribution in [0.5, 0.6) is 0 Å². The van der Waals surface area contributed by atoms with Crippen molar-refractivity contribution in [2.24, 2.45) is 0 Å². The Hall–Kier alpha value is -2.11. The summed E-state index contributed by atoms with van der Waals surface area (Å²) in [5, 5.41) is 2.81. The molecule has 0 atom stereocenters. The molecule has 2 amide bonds. The van der Waals surface area contributed by atoms with Crippen LogP contribution in [-0.2, 0) is 16.0 Å². The number of aryl methyl sites for hydroxylation is 1. The Kier molecular flexibility index (Phi) is 5.54. The molecule has 1 aliphatic rings. The third-order valence-electron chi connectivity index (χ3n) is 3.33. The van der Waals surface area contributed by atoms with Gasteiger partial charge in [-0.3, -0.25) is 4.79 Å². The van der Waals surface area contributed by atoms with Crippen molar-refractivity contribution < 1.29 is 18.7 Å². The molecule has 1 fully saturated rings. The highest BCUT2D eigenvalue weighted by atomic mass is 19.1. The first kappa shape index (κ1) is 15.3. The summed E-state index contributed by atoms with van der Waals surface area (Å²) in [5.74, 6) is -0.313. The van der Waals surface area contributed by atoms with Crippen LogP contribution in [0, 0.1) is 5.82 Å². The van der Waals surface area contributed by atoms with Gasteiger partial charge in [-0.25, -0.2) is 9.18 Å². The van der Waals surface area contributed by atoms with Gasteiger partial charge in [0.1, 0.15) is 12.4 Å². The maximum atomic E-state index is 12.7. The first-order valence-electron chi connectivity index (χ1n) is 7.08. The van der Waals surface area contributed by atoms with E-state index in [4.69, 9.17) is 4.74 Å². The lowest BCUT2D eigenvalue weighted by Crippen LogP contribution is -2.30. The molecule has 1 aliphatic heterocycles. The summed E-state index contributed by atoms with van der Waals surface area (Å²) in [6, 6.07) is 6.15. The molecule has 1 heterocycles. The average Bonchev–Trinajstić information content (AvgIpc) is 2.88. The molecule has 0 spiro atoms. The third-order valence-corrected chi connectivity index (χ3v) is 3.33. The van der Waals surface area contributed by atoms with E-state index >= 15 is 0 Å². The summed E-state index contributed by atoms with van der Waals surface area (Å²) < 4.78 is 17.5. The van der Waals surface area contributed by atoms with Gasteiger partial charge in [0.2, 0.25) is 5.91 Å². The van der Waals surface area contributed by atoms with Crippen LogP contribution in [-0.4, -0.2) is 43.1 Å². The summed E-state index contributed by atoms with van der Waals surface area (Å²) in [7, 11) is 0. The van der Waals surface area contributed by atoms with Crippen LogP contribution in [0.3, 0.4) is 0 Å². The van der Waals surface area contributed by atoms with Gasteiger partial charge in [0.25, 0.3) is 0 Å². The maximum Gasteiger partial charge on any atom is 0.409 e. The number of hydrogen-bond acceptors (Lipinski definition) is 3. The van der Waals surface area contributed by atoms with Gasteiger partial charge in [-0.2, -0.15) is 0 Å². The fraction of sp³-hybridized carbons (Fsp3) is 0.467. The zero-order valence-electron chi connectivity index (χ0n) is 11.8. The maximum absolute atomic E-state index is 12.7. The number of carbonyl (C=O) groups excluding carboxylic acids is 2. The molecule has 0 bridgehead atoms. The van der Waals surface area contributed by atoms with Gasteiger partial charge < -0.3 is 15.0 Å². The Bertz CT molecular complexity index is 490. The van der Waals surface area contributed by atoms with Gasteiger partial charge >= 0.3 is 6.09 Å². The van der Waals surface area contributed by atoms with E-state index < -0.39 is 0 Å². The summed E-state index contributed by atoms with van der Waals surface area (Å²) in [4.78, 5) is 24.5. The van der Waals surface area contributed by atoms with Crippen LogP contribution in [0.15, 0.2) is 24.3 Å². The zero-order chi connectivity index (χ0) is 15.1. The van der Waals surface area contributed by atoms with E-state index in [1.165, 1.54) is 12.1 Å². The van der Waals surface area contributed by atoms with Crippen molar-refractivity contribution >= 4 is 12.0 Å². The van der Waals surface area contributed by atoms with E-state index in [1.807, 2.05) is 0 Å². The number of benzene rings is 1. The van der Waals surface area contributed by atoms with Crippen LogP contribution in [0.2, 0.25) is 0 Å². The number of nitrogens with one attached hydrogen (secondary N) is 1. The Morgan fingerprint density at radius 2 is 2.10 bits per heavy atom. The lowest BCUT2D eigenvalue weighted by atomic mass is 10.1. The number of hydrogen-bond donors (Lipinski definition) is 1. The number of carbonyl (C=O) groups is 2. The molecule has 1 aromatic rings. The minimum absolute atomic E-state index is 0.0386. The second kappa shape index (κ2) is 7.61. The third kappa shape index (κ3) is 5.06. The summed E-state index contributed by atoms with van der Waals surface area (Å²) >= 11 is 0. The van der Waals surface area contributed by atoms with Crippen molar-refractivity contribution in [3.8, 4) is 0 Å². The quantitative estimate of drug-likeness (QED) is 0.779. The van der Waals surface area contributed by atoms with Crippen LogP contribution < -0.4 is 5.32 Å². The molecule has 0 unspecified atom stereocenters. The largest absolute Gasteiger partial charge is 0.448 e. The first-order chi connectivity index (χ1) is 10.1. The Morgan fingerprint density at radius 3 is 2.76 bits per heavy atom. The summed E-state index contributed by atoms with van der Waals surface area (Å²) in [6.07, 6.45) is 1.39. The fourth-order valence-corrected chi connectivity index (χ4v) is 2.12. The molecule has 6 heteroatoms. The highest BCUT2D eigenvalue weighted by Crippen LogP contribution is 2.06. The molecule has 1 N–H and O–H groups in total. The minimum atomic E-state index is -0.280. The topological polar surface area (TPSA) is 58.6 Å². The van der Waals surface area contributed by atoms with Crippen LogP contribution in [0.4, 0.5) is 9.18 Å². The fourth-order valence-electron chi connectivity index (χ4n) is 2.12. The van der Waals surface area contributed by atoms with E-state index in [-0.39, 0.29) is 17.8 Å². The zero-order valence-corrected chi connectivity index (χ0v) is 11.8. The molecular weight excluding hydrogens is 275 g/mol. The van der Waals surface area contributed by atoms with Crippen molar-refractivity contribution in [3.05, 3.63) is 35.6 Å². The van der Waals surface area contributed by atoms with Gasteiger partial charge in [-0.15, -0.1) is 0 Å². The van der Waals surface area contributed by atoms with E-state index in [1.54, 1.807) is 17.0 Å². The van der Waals surface area contributed by atoms with Gasteiger partial charge in [0.15, 0.2) is 0 Å². The standard InChI is InChI=1S/C15H19FN2O3/c16-13-5-2-12(3-6-13)4-7-14(19)17-8-1-9-18-10-11-21-15(18)20/h2-3,5-6H,1,4,7-11H2,(H,17,19). The van der Waals surface area contributed by atoms with Gasteiger partial charge in [-0.05, 0) is 30.5 Å². The van der Waals surface area contributed by atoms with E-state index in [0.29, 0.717) is 45.5 Å². The average molecular weight is 294 g/mol. The molecule has 114 valence electrons. The smallest absolute Gasteiger partial charge is 0.409 e. The molecular formula is C15H19FN2O3. The molecule has 0 radical (unpaired) electrons. The van der Waals surface area contributed by atoms with Crippen LogP contribution in [0.1, 0.15) is 18.4 Å². The second-order valence-corrected chi connectivity index (χ2v) is 4.93. The van der Waals surface area contributed by atoms with Crippen molar-refractivity contribution in [2.45, 2.75) is 19.3 Å². The van der Waals surface area contributed by atoms with Crippen LogP contribution >= 0.6 is 0 Å². The van der Waals surface area contributed by atoms with Crippen molar-refractivity contribution in [3.63, 3.8) is 0 Å². The van der Waals surface area contributed by atoms with Crippen molar-refractivity contribution in [1.29, 1.82) is 0 Å². The molecule has 21 heavy (non-hydrogen) atoms. The molecule has 5 nitrogen and oxygen atoms in total. The van der Waals surface area contributed by atoms with E-state index in [9.17, 15) is 14.0 Å². The molecule has 0 saturated carbocycles. The van der Waals surface area contributed by atoms with Crippen molar-refractivity contribution in [1.82, 2.24) is 10.2 Å². The lowest BCUT2D eigenvalue weighted by molar-refractivity contribution is -0.121. The van der Waals surface area contributed by atoms with Gasteiger partial charge in [-0.1, -0.05) is 12.1 Å². The Morgan fingerprint density at radius 1 is 1.33 bits per heavy atom. The molecule has 0 aromatic heterocycles. The van der Waals surface area contributed by atoms with Crippen LogP contribution in [0.25, 0.3) is 0 Å². The van der Waals surface area contributed by atoms with Gasteiger partial charge in [0, 0.05) is 19.5 Å². The van der Waals surface area contributed by atoms with E-state index in [0.717, 1.165) is 5.56 Å². The lowest BCUT2D eigenvalue weighted by Gasteiger charge is -2.12. The molecule has 1 saturated heterocycles. The second-order valence-electron chi connectivity index (χ2n) is 4.93. The predicted octanol–water partition coefficient (Wildman–Crippen LogP) is 1.72. The highest BCUT2D eigenvalue weighted by Gasteiger charge is 2.20. The summed E-state index contributed by atoms with van der Waals surface area (Å²) in [6.45, 7) is 2.20. The Labute approximate surface area is 123 Å². The summed E-state index contributed by atoms with van der Waals surface area (Å²) in [5.41, 5.74) is 0.936. The minimum Gasteiger partial charge on any atom is -0.448 e. The number of amides is 2. The number of rotatable bonds is 7. The molecule has 1 aromatic carbocycles. The monoisotopic (exact) mass is 294 g/mol.